The molecule has 0 aliphatic carbocycles. The molecule has 38 heavy (non-hydrogen) atoms. The number of carbonyl (C=O) groups is 2. The van der Waals surface area contributed by atoms with E-state index in [9.17, 15) is 9.59 Å². The lowest BCUT2D eigenvalue weighted by Gasteiger charge is -2.43. The highest BCUT2D eigenvalue weighted by Crippen LogP contribution is 2.47. The third-order valence-corrected chi connectivity index (χ3v) is 8.09. The molecule has 6 rings (SSSR count). The Morgan fingerprint density at radius 1 is 1.16 bits per heavy atom. The number of methoxy groups -OCH3 is 2. The number of urea groups is 1. The minimum Gasteiger partial charge on any atom is -0.497 e. The molecule has 5 heterocycles. The van der Waals surface area contributed by atoms with E-state index in [1.165, 1.54) is 0 Å². The fourth-order valence-electron chi connectivity index (χ4n) is 6.24. The van der Waals surface area contributed by atoms with Gasteiger partial charge in [0.15, 0.2) is 0 Å². The summed E-state index contributed by atoms with van der Waals surface area (Å²) in [5.74, 6) is 1.30. The predicted octanol–water partition coefficient (Wildman–Crippen LogP) is 4.18. The number of piperidine rings is 1. The summed E-state index contributed by atoms with van der Waals surface area (Å²) >= 11 is 0. The number of imidazole rings is 1. The van der Waals surface area contributed by atoms with Gasteiger partial charge < -0.3 is 23.7 Å². The quantitative estimate of drug-likeness (QED) is 0.489. The second kappa shape index (κ2) is 8.96. The van der Waals surface area contributed by atoms with E-state index < -0.39 is 5.54 Å². The zero-order valence-electron chi connectivity index (χ0n) is 22.2. The van der Waals surface area contributed by atoms with Crippen LogP contribution < -0.4 is 9.47 Å². The van der Waals surface area contributed by atoms with Crippen LogP contribution in [0.5, 0.6) is 11.5 Å². The minimum absolute atomic E-state index is 0.0300. The molecule has 0 saturated carbocycles. The second-order valence-electron chi connectivity index (χ2n) is 9.99. The summed E-state index contributed by atoms with van der Waals surface area (Å²) in [6.07, 6.45) is 4.93. The molecule has 3 amide bonds. The predicted molar refractivity (Wildman–Crippen MR) is 142 cm³/mol. The summed E-state index contributed by atoms with van der Waals surface area (Å²) in [5.41, 5.74) is 7.97. The van der Waals surface area contributed by atoms with Crippen molar-refractivity contribution in [1.82, 2.24) is 24.1 Å². The number of likely N-dealkylation sites (N-methyl/N-ethyl adjacent to an activating group) is 1. The molecule has 9 heteroatoms. The molecule has 3 aliphatic rings. The van der Waals surface area contributed by atoms with Crippen LogP contribution in [-0.2, 0) is 6.54 Å². The molecule has 9 nitrogen and oxygen atoms in total. The molecule has 0 N–H and O–H groups in total. The normalized spacial score (nSPS) is 18.2. The first-order chi connectivity index (χ1) is 18.4. The van der Waals surface area contributed by atoms with Gasteiger partial charge in [0.1, 0.15) is 22.8 Å². The van der Waals surface area contributed by atoms with Gasteiger partial charge in [0.2, 0.25) is 0 Å². The van der Waals surface area contributed by atoms with Crippen molar-refractivity contribution in [1.29, 1.82) is 0 Å². The first kappa shape index (κ1) is 24.1. The summed E-state index contributed by atoms with van der Waals surface area (Å²) < 4.78 is 13.1. The van der Waals surface area contributed by atoms with Gasteiger partial charge in [-0.15, -0.1) is 0 Å². The molecule has 2 saturated heterocycles. The number of likely N-dealkylation sites (tertiary alicyclic amines) is 1. The largest absolute Gasteiger partial charge is 0.497 e. The molecule has 0 bridgehead atoms. The monoisotopic (exact) mass is 513 g/mol. The SMILES string of the molecule is CCN1C(=O)N2Cc3cc(OC)cc(OC)c3C(C)=C=C2C12CCN(C(=O)c1cn3ccccc3n1)CC2. The number of fused-ring (bicyclic) bond motifs is 4. The number of carbonyl (C=O) groups excluding carboxylic acids is 2. The van der Waals surface area contributed by atoms with Crippen molar-refractivity contribution >= 4 is 23.2 Å². The molecule has 0 radical (unpaired) electrons. The maximum Gasteiger partial charge on any atom is 0.325 e. The zero-order chi connectivity index (χ0) is 26.6. The van der Waals surface area contributed by atoms with Crippen LogP contribution in [0, 0.1) is 0 Å². The molecule has 2 aromatic heterocycles. The fraction of sp³-hybridized carbons (Fsp3) is 0.379. The third-order valence-electron chi connectivity index (χ3n) is 8.09. The van der Waals surface area contributed by atoms with Crippen molar-refractivity contribution in [2.24, 2.45) is 0 Å². The number of aromatic nitrogens is 2. The second-order valence-corrected chi connectivity index (χ2v) is 9.99. The van der Waals surface area contributed by atoms with Crippen LogP contribution in [0.25, 0.3) is 11.2 Å². The maximum atomic E-state index is 13.8. The van der Waals surface area contributed by atoms with E-state index >= 15 is 0 Å². The van der Waals surface area contributed by atoms with E-state index in [1.54, 1.807) is 20.4 Å². The molecular formula is C29H31N5O4. The Hall–Kier alpha value is -4.23. The van der Waals surface area contributed by atoms with Crippen LogP contribution >= 0.6 is 0 Å². The summed E-state index contributed by atoms with van der Waals surface area (Å²) in [4.78, 5) is 37.3. The molecule has 3 aliphatic heterocycles. The number of nitrogens with zero attached hydrogens (tertiary/aromatic N) is 5. The van der Waals surface area contributed by atoms with Gasteiger partial charge in [-0.2, -0.15) is 0 Å². The van der Waals surface area contributed by atoms with Gasteiger partial charge in [-0.05, 0) is 50.5 Å². The van der Waals surface area contributed by atoms with Crippen LogP contribution in [0.3, 0.4) is 0 Å². The number of hydrogen-bond donors (Lipinski definition) is 0. The molecule has 0 atom stereocenters. The van der Waals surface area contributed by atoms with Crippen molar-refractivity contribution in [3.05, 3.63) is 71.0 Å². The summed E-state index contributed by atoms with van der Waals surface area (Å²) in [7, 11) is 3.27. The van der Waals surface area contributed by atoms with Crippen molar-refractivity contribution in [3.63, 3.8) is 0 Å². The van der Waals surface area contributed by atoms with Crippen LogP contribution in [0.4, 0.5) is 4.79 Å². The fourth-order valence-corrected chi connectivity index (χ4v) is 6.24. The Morgan fingerprint density at radius 2 is 1.95 bits per heavy atom. The van der Waals surface area contributed by atoms with E-state index in [0.717, 1.165) is 28.0 Å². The Kier molecular flexibility index (Phi) is 5.69. The van der Waals surface area contributed by atoms with Gasteiger partial charge in [0.05, 0.1) is 32.0 Å². The van der Waals surface area contributed by atoms with Crippen molar-refractivity contribution in [2.75, 3.05) is 33.9 Å². The molecule has 196 valence electrons. The molecule has 2 fully saturated rings. The highest BCUT2D eigenvalue weighted by Gasteiger charge is 2.55. The number of rotatable bonds is 4. The number of pyridine rings is 1. The molecule has 1 spiro atoms. The lowest BCUT2D eigenvalue weighted by atomic mass is 9.83. The van der Waals surface area contributed by atoms with Crippen LogP contribution in [-0.4, -0.2) is 75.4 Å². The minimum atomic E-state index is -0.526. The Bertz CT molecular complexity index is 1490. The van der Waals surface area contributed by atoms with Crippen LogP contribution in [0.1, 0.15) is 48.3 Å². The Labute approximate surface area is 221 Å². The van der Waals surface area contributed by atoms with Gasteiger partial charge in [0, 0.05) is 49.2 Å². The van der Waals surface area contributed by atoms with Crippen LogP contribution in [0.2, 0.25) is 0 Å². The first-order valence-corrected chi connectivity index (χ1v) is 13.0. The Balaban J connectivity index is 1.36. The summed E-state index contributed by atoms with van der Waals surface area (Å²) in [5, 5.41) is 0. The summed E-state index contributed by atoms with van der Waals surface area (Å²) in [6.45, 7) is 6.06. The van der Waals surface area contributed by atoms with E-state index in [2.05, 4.69) is 10.7 Å². The number of benzene rings is 1. The van der Waals surface area contributed by atoms with E-state index in [1.807, 2.05) is 69.5 Å². The van der Waals surface area contributed by atoms with Crippen molar-refractivity contribution < 1.29 is 19.1 Å². The smallest absolute Gasteiger partial charge is 0.325 e. The van der Waals surface area contributed by atoms with E-state index in [4.69, 9.17) is 9.47 Å². The average molecular weight is 514 g/mol. The van der Waals surface area contributed by atoms with E-state index in [-0.39, 0.29) is 11.9 Å². The topological polar surface area (TPSA) is 79.6 Å². The van der Waals surface area contributed by atoms with Crippen molar-refractivity contribution in [3.8, 4) is 11.5 Å². The lowest BCUT2D eigenvalue weighted by Crippen LogP contribution is -2.54. The van der Waals surface area contributed by atoms with Gasteiger partial charge in [-0.25, -0.2) is 9.78 Å². The first-order valence-electron chi connectivity index (χ1n) is 13.0. The highest BCUT2D eigenvalue weighted by molar-refractivity contribution is 5.93. The third kappa shape index (κ3) is 3.50. The number of hydrogen-bond acceptors (Lipinski definition) is 5. The van der Waals surface area contributed by atoms with Gasteiger partial charge in [-0.1, -0.05) is 11.8 Å². The van der Waals surface area contributed by atoms with Gasteiger partial charge in [-0.3, -0.25) is 9.69 Å². The zero-order valence-corrected chi connectivity index (χ0v) is 22.2. The lowest BCUT2D eigenvalue weighted by molar-refractivity contribution is 0.0572. The van der Waals surface area contributed by atoms with Crippen LogP contribution in [0.15, 0.2) is 54.2 Å². The van der Waals surface area contributed by atoms with Gasteiger partial charge in [0.25, 0.3) is 5.91 Å². The average Bonchev–Trinajstić information content (AvgIpc) is 3.40. The van der Waals surface area contributed by atoms with E-state index in [0.29, 0.717) is 56.2 Å². The molecule has 3 aromatic rings. The van der Waals surface area contributed by atoms with Crippen molar-refractivity contribution in [2.45, 2.75) is 38.8 Å². The molecular weight excluding hydrogens is 482 g/mol. The number of amides is 3. The number of ether oxygens (including phenoxy) is 2. The standard InChI is InChI=1S/C29H31N5O4/c1-5-34-28(36)33-17-20-15-21(37-3)16-23(38-4)26(20)19(2)14-24(33)29(34)9-12-31(13-10-29)27(35)22-18-32-11-7-6-8-25(32)30-22/h6-8,11,15-16,18H,5,9-10,12-13,17H2,1-4H3. The Morgan fingerprint density at radius 3 is 2.63 bits per heavy atom. The highest BCUT2D eigenvalue weighted by atomic mass is 16.5. The summed E-state index contributed by atoms with van der Waals surface area (Å²) in [6, 6.07) is 9.51. The molecule has 1 aromatic carbocycles. The van der Waals surface area contributed by atoms with Gasteiger partial charge >= 0.3 is 6.03 Å². The molecule has 0 unspecified atom stereocenters. The maximum absolute atomic E-state index is 13.8.